The number of imidazole rings is 1. The van der Waals surface area contributed by atoms with Gasteiger partial charge in [0.25, 0.3) is 0 Å². The van der Waals surface area contributed by atoms with Gasteiger partial charge in [-0.25, -0.2) is 0 Å². The Balaban J connectivity index is 2.41. The summed E-state index contributed by atoms with van der Waals surface area (Å²) in [5.41, 5.74) is 7.39. The second-order valence-corrected chi connectivity index (χ2v) is 10.4. The summed E-state index contributed by atoms with van der Waals surface area (Å²) in [5, 5.41) is 0.641. The Labute approximate surface area is 200 Å². The fourth-order valence-corrected chi connectivity index (χ4v) is 5.00. The first kappa shape index (κ1) is 24.1. The Hall–Kier alpha value is -1.54. The summed E-state index contributed by atoms with van der Waals surface area (Å²) in [6.07, 6.45) is 1.99. The topological polar surface area (TPSA) is 9.86 Å². The standard InChI is InChI=1S/C27H35ClN2.Cu/c1-17(2)21-11-9-12-22(18(3)4)26(21)29-15-25(28)30(16-29)27-23(19(5)6)13-10-14-24(27)20(7)8;/h9-15,17-20H,1-8H3;. The number of benzene rings is 2. The molecule has 1 aromatic heterocycles. The summed E-state index contributed by atoms with van der Waals surface area (Å²) in [6, 6.07) is 13.1. The molecule has 0 saturated carbocycles. The van der Waals surface area contributed by atoms with Gasteiger partial charge in [-0.15, -0.1) is 0 Å². The molecule has 0 spiro atoms. The Kier molecular flexibility index (Phi) is 7.41. The van der Waals surface area contributed by atoms with Crippen molar-refractivity contribution < 1.29 is 15.6 Å². The van der Waals surface area contributed by atoms with E-state index < -0.39 is 0 Å². The SMILES string of the molecule is CC(C)c1cccc(C(C)C)c1-n1cc(Cl)n(-c2c(C(C)C)cccc2C(C)C)[c]1=[Cu]. The van der Waals surface area contributed by atoms with Gasteiger partial charge in [0, 0.05) is 0 Å². The van der Waals surface area contributed by atoms with Crippen LogP contribution in [0.3, 0.4) is 0 Å². The van der Waals surface area contributed by atoms with Crippen LogP contribution in [-0.2, 0) is 15.6 Å². The van der Waals surface area contributed by atoms with Gasteiger partial charge in [-0.05, 0) is 0 Å². The molecule has 0 unspecified atom stereocenters. The van der Waals surface area contributed by atoms with E-state index in [0.717, 1.165) is 5.69 Å². The van der Waals surface area contributed by atoms with Crippen molar-refractivity contribution in [1.82, 2.24) is 9.13 Å². The Morgan fingerprint density at radius 2 is 1.00 bits per heavy atom. The van der Waals surface area contributed by atoms with Crippen molar-refractivity contribution in [3.05, 3.63) is 74.3 Å². The fourth-order valence-electron chi connectivity index (χ4n) is 4.30. The average molecular weight is 487 g/mol. The third-order valence-electron chi connectivity index (χ3n) is 5.95. The van der Waals surface area contributed by atoms with Crippen LogP contribution in [0.4, 0.5) is 0 Å². The number of halogens is 1. The molecule has 3 aromatic rings. The Morgan fingerprint density at radius 1 is 0.645 bits per heavy atom. The summed E-state index contributed by atoms with van der Waals surface area (Å²) < 4.78 is 4.88. The van der Waals surface area contributed by atoms with E-state index in [1.165, 1.54) is 27.9 Å². The number of nitrogens with zero attached hydrogens (tertiary/aromatic N) is 2. The van der Waals surface area contributed by atoms with Gasteiger partial charge >= 0.3 is 201 Å². The van der Waals surface area contributed by atoms with E-state index in [2.05, 4.69) is 101 Å². The van der Waals surface area contributed by atoms with Gasteiger partial charge in [0.05, 0.1) is 0 Å². The first-order valence-electron chi connectivity index (χ1n) is 11.3. The molecule has 2 aromatic carbocycles. The zero-order valence-electron chi connectivity index (χ0n) is 19.9. The number of hydrogen-bond acceptors (Lipinski definition) is 0. The van der Waals surface area contributed by atoms with Crippen molar-refractivity contribution in [2.45, 2.75) is 79.1 Å². The van der Waals surface area contributed by atoms with Gasteiger partial charge in [-0.1, -0.05) is 0 Å². The minimum absolute atomic E-state index is 0.363. The van der Waals surface area contributed by atoms with Gasteiger partial charge in [-0.2, -0.15) is 0 Å². The minimum atomic E-state index is 0.363. The van der Waals surface area contributed by atoms with Gasteiger partial charge in [0.15, 0.2) is 0 Å². The first-order valence-corrected chi connectivity index (χ1v) is 12.1. The monoisotopic (exact) mass is 485 g/mol. The van der Waals surface area contributed by atoms with Crippen molar-refractivity contribution in [3.8, 4) is 11.4 Å². The molecule has 0 radical (unpaired) electrons. The van der Waals surface area contributed by atoms with Crippen LogP contribution in [0.25, 0.3) is 11.4 Å². The second-order valence-electron chi connectivity index (χ2n) is 9.58. The summed E-state index contributed by atoms with van der Waals surface area (Å²) in [4.78, 5) is 0. The summed E-state index contributed by atoms with van der Waals surface area (Å²) in [7, 11) is 0. The quantitative estimate of drug-likeness (QED) is 0.309. The summed E-state index contributed by atoms with van der Waals surface area (Å²) in [6.45, 7) is 17.8. The maximum absolute atomic E-state index is 6.92. The third kappa shape index (κ3) is 4.51. The molecule has 1 heterocycles. The third-order valence-corrected chi connectivity index (χ3v) is 6.65. The predicted octanol–water partition coefficient (Wildman–Crippen LogP) is 8.49. The predicted molar refractivity (Wildman–Crippen MR) is 130 cm³/mol. The molecule has 2 nitrogen and oxygen atoms in total. The van der Waals surface area contributed by atoms with E-state index in [0.29, 0.717) is 33.1 Å². The Morgan fingerprint density at radius 3 is 1.35 bits per heavy atom. The molecule has 0 saturated heterocycles. The van der Waals surface area contributed by atoms with Crippen LogP contribution >= 0.6 is 11.6 Å². The Bertz CT molecular complexity index is 1080. The van der Waals surface area contributed by atoms with Crippen molar-refractivity contribution in [2.75, 3.05) is 0 Å². The van der Waals surface area contributed by atoms with E-state index in [4.69, 9.17) is 27.2 Å². The van der Waals surface area contributed by atoms with E-state index in [1.54, 1.807) is 0 Å². The van der Waals surface area contributed by atoms with Gasteiger partial charge in [-0.3, -0.25) is 0 Å². The van der Waals surface area contributed by atoms with Crippen molar-refractivity contribution >= 4 is 11.6 Å². The first-order chi connectivity index (χ1) is 14.6. The normalized spacial score (nSPS) is 12.1. The van der Waals surface area contributed by atoms with Crippen molar-refractivity contribution in [1.29, 1.82) is 0 Å². The fraction of sp³-hybridized carbons (Fsp3) is 0.444. The van der Waals surface area contributed by atoms with Gasteiger partial charge in [0.1, 0.15) is 0 Å². The number of hydrogen-bond donors (Lipinski definition) is 0. The van der Waals surface area contributed by atoms with Crippen molar-refractivity contribution in [2.24, 2.45) is 0 Å². The molecule has 171 valence electrons. The molecule has 0 bridgehead atoms. The van der Waals surface area contributed by atoms with Crippen LogP contribution in [0.5, 0.6) is 0 Å². The molecule has 0 aliphatic carbocycles. The van der Waals surface area contributed by atoms with E-state index in [-0.39, 0.29) is 0 Å². The van der Waals surface area contributed by atoms with Crippen molar-refractivity contribution in [3.63, 3.8) is 0 Å². The van der Waals surface area contributed by atoms with Crippen LogP contribution in [0.15, 0.2) is 42.6 Å². The molecule has 0 aliphatic heterocycles. The summed E-state index contributed by atoms with van der Waals surface area (Å²) >= 11 is 13.2. The second kappa shape index (κ2) is 9.53. The van der Waals surface area contributed by atoms with E-state index in [9.17, 15) is 0 Å². The van der Waals surface area contributed by atoms with Gasteiger partial charge < -0.3 is 0 Å². The number of para-hydroxylation sites is 2. The molecule has 0 N–H and O–H groups in total. The molecule has 4 heteroatoms. The molecular formula is C27H35ClCuN2. The molecule has 0 atom stereocenters. The summed E-state index contributed by atoms with van der Waals surface area (Å²) in [5.74, 6) is 1.48. The van der Waals surface area contributed by atoms with Gasteiger partial charge in [0.2, 0.25) is 0 Å². The zero-order chi connectivity index (χ0) is 23.0. The molecular weight excluding hydrogens is 451 g/mol. The molecule has 3 rings (SSSR count). The molecule has 0 amide bonds. The van der Waals surface area contributed by atoms with Crippen LogP contribution in [0.1, 0.15) is 101 Å². The van der Waals surface area contributed by atoms with Crippen LogP contribution < -0.4 is 0 Å². The van der Waals surface area contributed by atoms with E-state index >= 15 is 0 Å². The number of rotatable bonds is 6. The van der Waals surface area contributed by atoms with Crippen LogP contribution in [0.2, 0.25) is 5.15 Å². The molecule has 0 aliphatic rings. The molecule has 0 fully saturated rings. The van der Waals surface area contributed by atoms with Crippen LogP contribution in [-0.4, -0.2) is 9.13 Å². The maximum atomic E-state index is 6.92. The zero-order valence-corrected chi connectivity index (χ0v) is 21.6. The van der Waals surface area contributed by atoms with Crippen LogP contribution in [0, 0.1) is 4.32 Å². The average Bonchev–Trinajstić information content (AvgIpc) is 2.99. The van der Waals surface area contributed by atoms with E-state index in [1.807, 2.05) is 6.20 Å². The number of aromatic nitrogens is 2. The molecule has 31 heavy (non-hydrogen) atoms.